The largest absolute Gasteiger partial charge is 0.453 e. The van der Waals surface area contributed by atoms with Crippen LogP contribution in [0.2, 0.25) is 0 Å². The van der Waals surface area contributed by atoms with Crippen molar-refractivity contribution in [2.75, 3.05) is 0 Å². The highest BCUT2D eigenvalue weighted by Gasteiger charge is 2.15. The maximum Gasteiger partial charge on any atom is 0.197 e. The Kier molecular flexibility index (Phi) is 11.7. The molecule has 0 fully saturated rings. The molecule has 4 heterocycles. The van der Waals surface area contributed by atoms with Gasteiger partial charge in [-0.2, -0.15) is 0 Å². The molecule has 0 amide bonds. The minimum atomic E-state index is -0.0664. The van der Waals surface area contributed by atoms with Crippen LogP contribution in [0.1, 0.15) is 11.1 Å². The number of nitrogens with zero attached hydrogens (tertiary/aromatic N) is 4. The van der Waals surface area contributed by atoms with Gasteiger partial charge >= 0.3 is 0 Å². The Balaban J connectivity index is 0.000000107. The van der Waals surface area contributed by atoms with Crippen molar-refractivity contribution in [2.45, 2.75) is 13.8 Å². The summed E-state index contributed by atoms with van der Waals surface area (Å²) in [6.45, 7) is 3.64. The quantitative estimate of drug-likeness (QED) is 0.136. The third kappa shape index (κ3) is 9.04. The molecule has 0 aromatic heterocycles. The first kappa shape index (κ1) is 41.5. The van der Waals surface area contributed by atoms with Gasteiger partial charge in [-0.1, -0.05) is 48.5 Å². The predicted molar refractivity (Wildman–Crippen MR) is 262 cm³/mol. The maximum absolute atomic E-state index is 11.9. The van der Waals surface area contributed by atoms with Crippen LogP contribution in [0.4, 0.5) is 0 Å². The Hall–Kier alpha value is -6.90. The molecular formula is C50H31BrN4O5S3. The number of benzene rings is 8. The molecule has 63 heavy (non-hydrogen) atoms. The first-order valence-corrected chi connectivity index (χ1v) is 22.7. The number of aryl methyl sites for hydroxylation is 2. The lowest BCUT2D eigenvalue weighted by atomic mass is 10.1. The van der Waals surface area contributed by atoms with Crippen molar-refractivity contribution in [1.82, 2.24) is 19.9 Å². The zero-order valence-corrected chi connectivity index (χ0v) is 37.4. The van der Waals surface area contributed by atoms with Crippen molar-refractivity contribution in [3.05, 3.63) is 208 Å². The molecule has 4 aliphatic heterocycles. The van der Waals surface area contributed by atoms with Crippen LogP contribution in [-0.2, 0) is 0 Å². The molecule has 8 aliphatic rings. The van der Waals surface area contributed by atoms with Gasteiger partial charge in [0.2, 0.25) is 0 Å². The summed E-state index contributed by atoms with van der Waals surface area (Å²) in [5.74, 6) is 0.529. The lowest BCUT2D eigenvalue weighted by molar-refractivity contribution is 0.612. The number of hydrogen-bond acceptors (Lipinski definition) is 12. The summed E-state index contributed by atoms with van der Waals surface area (Å²) in [4.78, 5) is 66.6. The lowest BCUT2D eigenvalue weighted by Crippen LogP contribution is -2.08. The number of hydrogen-bond donors (Lipinski definition) is 0. The van der Waals surface area contributed by atoms with Crippen molar-refractivity contribution in [3.63, 3.8) is 0 Å². The number of halogens is 1. The van der Waals surface area contributed by atoms with E-state index in [1.54, 1.807) is 64.3 Å². The molecule has 12 rings (SSSR count). The Labute approximate surface area is 378 Å². The van der Waals surface area contributed by atoms with Gasteiger partial charge in [-0.15, -0.1) is 34.0 Å². The Bertz CT molecular complexity index is 3640. The molecule has 0 radical (unpaired) electrons. The molecule has 0 saturated carbocycles. The third-order valence-electron chi connectivity index (χ3n) is 9.76. The van der Waals surface area contributed by atoms with Crippen molar-refractivity contribution in [2.24, 2.45) is 0 Å². The van der Waals surface area contributed by atoms with Gasteiger partial charge < -0.3 is 4.42 Å². The summed E-state index contributed by atoms with van der Waals surface area (Å²) >= 11 is 8.18. The molecule has 0 atom stereocenters. The van der Waals surface area contributed by atoms with Gasteiger partial charge in [0, 0.05) is 18.2 Å². The molecule has 0 unspecified atom stereocenters. The first-order chi connectivity index (χ1) is 30.6. The van der Waals surface area contributed by atoms with Crippen molar-refractivity contribution in [3.8, 4) is 43.2 Å². The van der Waals surface area contributed by atoms with Crippen LogP contribution in [0.3, 0.4) is 0 Å². The predicted octanol–water partition coefficient (Wildman–Crippen LogP) is 12.0. The Morgan fingerprint density at radius 1 is 0.460 bits per heavy atom. The van der Waals surface area contributed by atoms with Gasteiger partial charge in [0.25, 0.3) is 0 Å². The smallest absolute Gasteiger partial charge is 0.197 e. The summed E-state index contributed by atoms with van der Waals surface area (Å²) in [6.07, 6.45) is 0. The highest BCUT2D eigenvalue weighted by molar-refractivity contribution is 9.10. The van der Waals surface area contributed by atoms with E-state index in [1.165, 1.54) is 12.1 Å². The van der Waals surface area contributed by atoms with Crippen LogP contribution in [0.15, 0.2) is 180 Å². The minimum Gasteiger partial charge on any atom is -0.453 e. The van der Waals surface area contributed by atoms with Crippen molar-refractivity contribution < 1.29 is 4.42 Å². The summed E-state index contributed by atoms with van der Waals surface area (Å²) < 4.78 is 9.49. The van der Waals surface area contributed by atoms with Crippen LogP contribution < -0.4 is 21.7 Å². The molecule has 4 aromatic rings. The monoisotopic (exact) mass is 942 g/mol. The van der Waals surface area contributed by atoms with Gasteiger partial charge in [0.1, 0.15) is 11.2 Å². The fraction of sp³-hybridized carbons (Fsp3) is 0.0400. The SMILES string of the molecule is Cc1cc2nc3ccccc3sc-2c(Br)c1=O.Cc1cc2nc3ccccc3sc-2cc1=O.O=c1ccc2nc3ccccc3oc-2c1.O=c1ccc2nc3ccccc3sc-2c1. The summed E-state index contributed by atoms with van der Waals surface area (Å²) in [5, 5.41) is 0. The fourth-order valence-corrected chi connectivity index (χ4v) is 10.3. The standard InChI is InChI=1S/C13H8BrNOS.C13H9NOS.C12H7NO2.C12H7NOS/c1-7-6-9-13(11(14)12(7)16)17-10-5-3-2-4-8(10)15-9;1-8-6-10-13(7-11(8)15)16-12-5-3-2-4-9(12)14-10;2*14-8-5-6-10-12(7-8)15-11-4-2-1-3-9(11)13-10/h2-6H,1H3;2-7H,1H3;2*1-7H. The van der Waals surface area contributed by atoms with Crippen LogP contribution in [0, 0.1) is 13.8 Å². The van der Waals surface area contributed by atoms with Gasteiger partial charge in [-0.3, -0.25) is 19.2 Å². The summed E-state index contributed by atoms with van der Waals surface area (Å²) in [5.41, 5.74) is 9.36. The van der Waals surface area contributed by atoms with Crippen LogP contribution >= 0.6 is 49.9 Å². The number of para-hydroxylation sites is 5. The third-order valence-corrected chi connectivity index (χ3v) is 14.2. The molecule has 4 aliphatic carbocycles. The average Bonchev–Trinajstić information content (AvgIpc) is 3.29. The van der Waals surface area contributed by atoms with Crippen LogP contribution in [0.25, 0.3) is 84.9 Å². The van der Waals surface area contributed by atoms with E-state index in [0.717, 1.165) is 79.0 Å². The molecule has 0 N–H and O–H groups in total. The van der Waals surface area contributed by atoms with Crippen molar-refractivity contribution in [1.29, 1.82) is 0 Å². The highest BCUT2D eigenvalue weighted by atomic mass is 79.9. The van der Waals surface area contributed by atoms with E-state index in [-0.39, 0.29) is 21.7 Å². The topological polar surface area (TPSA) is 133 Å². The van der Waals surface area contributed by atoms with Crippen LogP contribution in [-0.4, -0.2) is 19.9 Å². The van der Waals surface area contributed by atoms with E-state index in [0.29, 0.717) is 21.5 Å². The van der Waals surface area contributed by atoms with E-state index in [9.17, 15) is 19.2 Å². The highest BCUT2D eigenvalue weighted by Crippen LogP contribution is 2.35. The van der Waals surface area contributed by atoms with E-state index < -0.39 is 0 Å². The molecule has 306 valence electrons. The molecule has 0 bridgehead atoms. The first-order valence-electron chi connectivity index (χ1n) is 19.4. The average molecular weight is 944 g/mol. The normalized spacial score (nSPS) is 11.0. The van der Waals surface area contributed by atoms with Gasteiger partial charge in [0.05, 0.1) is 66.8 Å². The minimum absolute atomic E-state index is 0.0378. The molecule has 0 saturated heterocycles. The van der Waals surface area contributed by atoms with Gasteiger partial charge in [0.15, 0.2) is 33.1 Å². The molecule has 0 spiro atoms. The molecule has 9 nitrogen and oxygen atoms in total. The summed E-state index contributed by atoms with van der Waals surface area (Å²) in [6, 6.07) is 46.3. The van der Waals surface area contributed by atoms with E-state index in [4.69, 9.17) is 4.42 Å². The maximum atomic E-state index is 11.9. The zero-order chi connectivity index (χ0) is 43.6. The molecule has 4 aromatic carbocycles. The second kappa shape index (κ2) is 17.8. The number of aromatic nitrogens is 4. The zero-order valence-electron chi connectivity index (χ0n) is 33.4. The lowest BCUT2D eigenvalue weighted by Gasteiger charge is -2.08. The van der Waals surface area contributed by atoms with E-state index in [2.05, 4.69) is 35.9 Å². The number of rotatable bonds is 0. The Morgan fingerprint density at radius 2 is 0.952 bits per heavy atom. The van der Waals surface area contributed by atoms with E-state index >= 15 is 0 Å². The molecular weight excluding hydrogens is 913 g/mol. The Morgan fingerprint density at radius 3 is 1.62 bits per heavy atom. The van der Waals surface area contributed by atoms with Gasteiger partial charge in [-0.05, 0) is 126 Å². The summed E-state index contributed by atoms with van der Waals surface area (Å²) in [7, 11) is 0. The second-order valence-electron chi connectivity index (χ2n) is 14.3. The van der Waals surface area contributed by atoms with Crippen molar-refractivity contribution >= 4 is 91.7 Å². The number of fused-ring (bicyclic) bond motifs is 8. The molecule has 13 heteroatoms. The second-order valence-corrected chi connectivity index (χ2v) is 18.3. The van der Waals surface area contributed by atoms with Gasteiger partial charge in [-0.25, -0.2) is 19.9 Å². The fourth-order valence-electron chi connectivity index (χ4n) is 6.59. The van der Waals surface area contributed by atoms with Crippen LogP contribution in [0.5, 0.6) is 0 Å². The van der Waals surface area contributed by atoms with E-state index in [1.807, 2.05) is 123 Å².